The standard InChI is InChI=1S/C23H34.2C2H6/c1-9-11-15-19(10-2)23(22(6,7)8,18-21(3,4)5)20-16-13-12-14-17-20;2*1-2/h9-17H,2,18H2,1,3-8H3;2*1-2H3/b11-9-,19-15+;;. The molecule has 0 nitrogen and oxygen atoms in total. The average molecular weight is 371 g/mol. The highest BCUT2D eigenvalue weighted by molar-refractivity contribution is 5.45. The van der Waals surface area contributed by atoms with E-state index in [9.17, 15) is 0 Å². The molecule has 0 bridgehead atoms. The molecule has 1 rings (SSSR count). The zero-order valence-electron chi connectivity index (χ0n) is 20.1. The first-order chi connectivity index (χ1) is 12.6. The van der Waals surface area contributed by atoms with Crippen LogP contribution in [0.4, 0.5) is 0 Å². The van der Waals surface area contributed by atoms with Crippen LogP contribution in [0.5, 0.6) is 0 Å². The fourth-order valence-electron chi connectivity index (χ4n) is 3.60. The second kappa shape index (κ2) is 12.8. The van der Waals surface area contributed by atoms with Crippen molar-refractivity contribution < 1.29 is 0 Å². The number of hydrogen-bond acceptors (Lipinski definition) is 0. The summed E-state index contributed by atoms with van der Waals surface area (Å²) in [4.78, 5) is 0. The Hall–Kier alpha value is -1.56. The van der Waals surface area contributed by atoms with Crippen LogP contribution >= 0.6 is 0 Å². The van der Waals surface area contributed by atoms with Crippen molar-refractivity contribution in [2.45, 2.75) is 88.0 Å². The minimum absolute atomic E-state index is 0.0727. The summed E-state index contributed by atoms with van der Waals surface area (Å²) in [7, 11) is 0. The molecule has 27 heavy (non-hydrogen) atoms. The zero-order valence-corrected chi connectivity index (χ0v) is 20.1. The van der Waals surface area contributed by atoms with Gasteiger partial charge in [0, 0.05) is 5.41 Å². The van der Waals surface area contributed by atoms with Crippen molar-refractivity contribution in [3.05, 3.63) is 72.4 Å². The Morgan fingerprint density at radius 3 is 1.70 bits per heavy atom. The molecule has 0 N–H and O–H groups in total. The molecule has 0 saturated carbocycles. The van der Waals surface area contributed by atoms with E-state index < -0.39 is 0 Å². The highest BCUT2D eigenvalue weighted by atomic mass is 14.5. The van der Waals surface area contributed by atoms with Gasteiger partial charge in [-0.2, -0.15) is 0 Å². The lowest BCUT2D eigenvalue weighted by Crippen LogP contribution is -2.44. The molecule has 1 aromatic rings. The Balaban J connectivity index is 0. The van der Waals surface area contributed by atoms with Gasteiger partial charge < -0.3 is 0 Å². The molecule has 1 atom stereocenters. The van der Waals surface area contributed by atoms with E-state index in [0.717, 1.165) is 6.42 Å². The van der Waals surface area contributed by atoms with Gasteiger partial charge in [0.05, 0.1) is 0 Å². The summed E-state index contributed by atoms with van der Waals surface area (Å²) in [5, 5.41) is 0. The molecule has 1 unspecified atom stereocenters. The van der Waals surface area contributed by atoms with Gasteiger partial charge in [0.15, 0.2) is 0 Å². The average Bonchev–Trinajstić information content (AvgIpc) is 2.63. The van der Waals surface area contributed by atoms with E-state index in [-0.39, 0.29) is 16.2 Å². The lowest BCUT2D eigenvalue weighted by molar-refractivity contribution is 0.154. The number of benzene rings is 1. The minimum atomic E-state index is -0.0756. The molecule has 0 spiro atoms. The number of allylic oxidation sites excluding steroid dienone is 5. The Morgan fingerprint density at radius 2 is 1.37 bits per heavy atom. The molecule has 0 heterocycles. The monoisotopic (exact) mass is 370 g/mol. The van der Waals surface area contributed by atoms with Crippen molar-refractivity contribution in [1.82, 2.24) is 0 Å². The van der Waals surface area contributed by atoms with Crippen molar-refractivity contribution in [3.8, 4) is 0 Å². The summed E-state index contributed by atoms with van der Waals surface area (Å²) in [5.74, 6) is 0. The Labute approximate surface area is 171 Å². The molecule has 0 radical (unpaired) electrons. The predicted octanol–water partition coefficient (Wildman–Crippen LogP) is 9.15. The fraction of sp³-hybridized carbons (Fsp3) is 0.556. The van der Waals surface area contributed by atoms with Gasteiger partial charge >= 0.3 is 0 Å². The summed E-state index contributed by atoms with van der Waals surface area (Å²) in [6.45, 7) is 28.2. The molecule has 154 valence electrons. The van der Waals surface area contributed by atoms with Crippen molar-refractivity contribution in [2.75, 3.05) is 0 Å². The lowest BCUT2D eigenvalue weighted by atomic mass is 9.53. The SMILES string of the molecule is C=C/C(=C\C=C/C)C(CC(C)(C)C)(c1ccccc1)C(C)(C)C.CC.CC. The van der Waals surface area contributed by atoms with E-state index in [4.69, 9.17) is 0 Å². The topological polar surface area (TPSA) is 0 Å². The molecule has 0 saturated heterocycles. The van der Waals surface area contributed by atoms with E-state index in [1.54, 1.807) is 0 Å². The van der Waals surface area contributed by atoms with Crippen molar-refractivity contribution in [1.29, 1.82) is 0 Å². The van der Waals surface area contributed by atoms with Crippen LogP contribution < -0.4 is 0 Å². The molecular formula is C27H46. The molecule has 0 aliphatic rings. The highest BCUT2D eigenvalue weighted by Gasteiger charge is 2.47. The van der Waals surface area contributed by atoms with Crippen LogP contribution in [-0.2, 0) is 5.41 Å². The summed E-state index contributed by atoms with van der Waals surface area (Å²) < 4.78 is 0. The second-order valence-corrected chi connectivity index (χ2v) is 8.61. The first kappa shape index (κ1) is 27.7. The van der Waals surface area contributed by atoms with Crippen LogP contribution in [-0.4, -0.2) is 0 Å². The first-order valence-corrected chi connectivity index (χ1v) is 10.6. The largest absolute Gasteiger partial charge is 0.0988 e. The number of rotatable bonds is 5. The summed E-state index contributed by atoms with van der Waals surface area (Å²) in [6.07, 6.45) is 9.56. The first-order valence-electron chi connectivity index (χ1n) is 10.6. The Bertz CT molecular complexity index is 558. The molecule has 0 fully saturated rings. The van der Waals surface area contributed by atoms with E-state index in [1.165, 1.54) is 11.1 Å². The van der Waals surface area contributed by atoms with Crippen LogP contribution in [0.15, 0.2) is 66.8 Å². The van der Waals surface area contributed by atoms with Gasteiger partial charge in [-0.25, -0.2) is 0 Å². The van der Waals surface area contributed by atoms with Crippen LogP contribution in [0, 0.1) is 10.8 Å². The molecular weight excluding hydrogens is 324 g/mol. The molecule has 0 amide bonds. The van der Waals surface area contributed by atoms with Crippen LogP contribution in [0.2, 0.25) is 0 Å². The summed E-state index contributed by atoms with van der Waals surface area (Å²) in [6, 6.07) is 10.9. The lowest BCUT2D eigenvalue weighted by Gasteiger charge is -2.50. The minimum Gasteiger partial charge on any atom is -0.0988 e. The maximum atomic E-state index is 4.15. The van der Waals surface area contributed by atoms with E-state index in [0.29, 0.717) is 0 Å². The third kappa shape index (κ3) is 7.91. The zero-order chi connectivity index (χ0) is 21.7. The van der Waals surface area contributed by atoms with Crippen LogP contribution in [0.1, 0.15) is 88.1 Å². The van der Waals surface area contributed by atoms with Gasteiger partial charge in [-0.05, 0) is 35.3 Å². The molecule has 0 aliphatic carbocycles. The molecule has 0 aromatic heterocycles. The highest BCUT2D eigenvalue weighted by Crippen LogP contribution is 2.53. The number of hydrogen-bond donors (Lipinski definition) is 0. The van der Waals surface area contributed by atoms with E-state index in [1.807, 2.05) is 33.8 Å². The third-order valence-electron chi connectivity index (χ3n) is 4.52. The van der Waals surface area contributed by atoms with Crippen molar-refractivity contribution in [2.24, 2.45) is 10.8 Å². The third-order valence-corrected chi connectivity index (χ3v) is 4.52. The van der Waals surface area contributed by atoms with E-state index in [2.05, 4.69) is 104 Å². The van der Waals surface area contributed by atoms with Crippen LogP contribution in [0.25, 0.3) is 0 Å². The quantitative estimate of drug-likeness (QED) is 0.453. The summed E-state index contributed by atoms with van der Waals surface area (Å²) in [5.41, 5.74) is 2.88. The maximum Gasteiger partial charge on any atom is 0.0255 e. The second-order valence-electron chi connectivity index (χ2n) is 8.61. The Kier molecular flexibility index (Phi) is 13.1. The van der Waals surface area contributed by atoms with Gasteiger partial charge in [-0.15, -0.1) is 0 Å². The van der Waals surface area contributed by atoms with Crippen molar-refractivity contribution in [3.63, 3.8) is 0 Å². The van der Waals surface area contributed by atoms with Gasteiger partial charge in [0.1, 0.15) is 0 Å². The van der Waals surface area contributed by atoms with Gasteiger partial charge in [-0.1, -0.05) is 130 Å². The van der Waals surface area contributed by atoms with Crippen LogP contribution in [0.3, 0.4) is 0 Å². The van der Waals surface area contributed by atoms with E-state index >= 15 is 0 Å². The molecule has 1 aromatic carbocycles. The Morgan fingerprint density at radius 1 is 0.889 bits per heavy atom. The molecule has 0 heteroatoms. The smallest absolute Gasteiger partial charge is 0.0255 e. The van der Waals surface area contributed by atoms with Crippen molar-refractivity contribution >= 4 is 0 Å². The molecule has 0 aliphatic heterocycles. The maximum absolute atomic E-state index is 4.15. The normalized spacial score (nSPS) is 14.4. The predicted molar refractivity (Wildman–Crippen MR) is 127 cm³/mol. The van der Waals surface area contributed by atoms with Gasteiger partial charge in [0.25, 0.3) is 0 Å². The summed E-state index contributed by atoms with van der Waals surface area (Å²) >= 11 is 0. The fourth-order valence-corrected chi connectivity index (χ4v) is 3.60. The van der Waals surface area contributed by atoms with Gasteiger partial charge in [0.2, 0.25) is 0 Å². The van der Waals surface area contributed by atoms with Gasteiger partial charge in [-0.3, -0.25) is 0 Å².